The number of fused-ring (bicyclic) bond motifs is 1. The maximum Gasteiger partial charge on any atom is 0.323 e. The third-order valence-corrected chi connectivity index (χ3v) is 5.01. The second kappa shape index (κ2) is 6.95. The fourth-order valence-corrected chi connectivity index (χ4v) is 3.50. The number of nitrogens with zero attached hydrogens (tertiary/aromatic N) is 3. The van der Waals surface area contributed by atoms with Crippen molar-refractivity contribution in [3.8, 4) is 0 Å². The normalized spacial score (nSPS) is 10.5. The summed E-state index contributed by atoms with van der Waals surface area (Å²) in [5.74, 6) is -1.000. The Labute approximate surface area is 150 Å². The first kappa shape index (κ1) is 17.0. The number of amides is 4. The van der Waals surface area contributed by atoms with E-state index in [4.69, 9.17) is 0 Å². The molecule has 128 valence electrons. The van der Waals surface area contributed by atoms with Crippen molar-refractivity contribution in [2.75, 3.05) is 19.4 Å². The Kier molecular flexibility index (Phi) is 4.72. The van der Waals surface area contributed by atoms with Crippen molar-refractivity contribution in [1.82, 2.24) is 20.2 Å². The molecule has 4 amide bonds. The van der Waals surface area contributed by atoms with E-state index in [1.807, 2.05) is 0 Å². The molecule has 0 aliphatic heterocycles. The van der Waals surface area contributed by atoms with E-state index in [-0.39, 0.29) is 10.6 Å². The Morgan fingerprint density at radius 2 is 1.96 bits per heavy atom. The predicted molar refractivity (Wildman–Crippen MR) is 96.2 cm³/mol. The zero-order chi connectivity index (χ0) is 18.0. The van der Waals surface area contributed by atoms with E-state index in [9.17, 15) is 14.4 Å². The van der Waals surface area contributed by atoms with Crippen molar-refractivity contribution in [2.45, 2.75) is 0 Å². The monoisotopic (exact) mass is 375 g/mol. The quantitative estimate of drug-likeness (QED) is 0.731. The van der Waals surface area contributed by atoms with Gasteiger partial charge in [0, 0.05) is 20.3 Å². The lowest BCUT2D eigenvalue weighted by atomic mass is 10.3. The van der Waals surface area contributed by atoms with Crippen LogP contribution in [0.5, 0.6) is 0 Å². The molecule has 10 heteroatoms. The summed E-state index contributed by atoms with van der Waals surface area (Å²) in [5, 5.41) is 7.19. The zero-order valence-electron chi connectivity index (χ0n) is 13.3. The van der Waals surface area contributed by atoms with Crippen LogP contribution in [0.2, 0.25) is 0 Å². The van der Waals surface area contributed by atoms with Gasteiger partial charge in [-0.15, -0.1) is 22.7 Å². The smallest absolute Gasteiger partial charge is 0.323 e. The van der Waals surface area contributed by atoms with Crippen LogP contribution >= 0.6 is 22.7 Å². The van der Waals surface area contributed by atoms with Gasteiger partial charge in [-0.05, 0) is 17.5 Å². The van der Waals surface area contributed by atoms with Gasteiger partial charge in [-0.2, -0.15) is 0 Å². The van der Waals surface area contributed by atoms with Crippen molar-refractivity contribution < 1.29 is 14.4 Å². The molecule has 2 N–H and O–H groups in total. The fourth-order valence-electron chi connectivity index (χ4n) is 1.89. The molecule has 0 bridgehead atoms. The highest BCUT2D eigenvalue weighted by Gasteiger charge is 2.20. The molecule has 0 aromatic carbocycles. The van der Waals surface area contributed by atoms with Crippen LogP contribution in [0, 0.1) is 0 Å². The number of nitrogens with one attached hydrogen (secondary N) is 2. The number of anilines is 1. The minimum absolute atomic E-state index is 0.219. The van der Waals surface area contributed by atoms with Crippen LogP contribution in [0.15, 0.2) is 29.9 Å². The van der Waals surface area contributed by atoms with Crippen molar-refractivity contribution in [1.29, 1.82) is 0 Å². The first-order valence-corrected chi connectivity index (χ1v) is 8.77. The van der Waals surface area contributed by atoms with E-state index < -0.39 is 17.8 Å². The molecule has 0 radical (unpaired) electrons. The maximum atomic E-state index is 12.4. The lowest BCUT2D eigenvalue weighted by Gasteiger charge is -2.11. The molecule has 3 aromatic heterocycles. The standard InChI is InChI=1S/C15H13N5O3S2/c1-20(2)15(23)19-11(21)8-4-6-24-13(8)18-12(22)14-17-9-7-16-5-3-10(9)25-14/h3-7H,1-2H3,(H,18,22)(H,19,21,23). The number of thiophene rings is 1. The largest absolute Gasteiger partial charge is 0.331 e. The number of hydrogen-bond acceptors (Lipinski definition) is 7. The number of rotatable bonds is 3. The fraction of sp³-hybridized carbons (Fsp3) is 0.133. The summed E-state index contributed by atoms with van der Waals surface area (Å²) < 4.78 is 0.848. The van der Waals surface area contributed by atoms with Crippen molar-refractivity contribution in [3.05, 3.63) is 40.5 Å². The van der Waals surface area contributed by atoms with Crippen LogP contribution in [0.4, 0.5) is 9.80 Å². The Morgan fingerprint density at radius 3 is 2.68 bits per heavy atom. The molecule has 0 saturated carbocycles. The number of imide groups is 1. The molecule has 8 nitrogen and oxygen atoms in total. The number of pyridine rings is 1. The zero-order valence-corrected chi connectivity index (χ0v) is 14.9. The highest BCUT2D eigenvalue weighted by Crippen LogP contribution is 2.26. The van der Waals surface area contributed by atoms with Gasteiger partial charge < -0.3 is 10.2 Å². The van der Waals surface area contributed by atoms with Gasteiger partial charge in [0.1, 0.15) is 10.5 Å². The molecule has 3 aromatic rings. The molecule has 0 fully saturated rings. The van der Waals surface area contributed by atoms with Crippen LogP contribution < -0.4 is 10.6 Å². The van der Waals surface area contributed by atoms with Crippen molar-refractivity contribution in [2.24, 2.45) is 0 Å². The van der Waals surface area contributed by atoms with Gasteiger partial charge >= 0.3 is 6.03 Å². The molecule has 0 unspecified atom stereocenters. The SMILES string of the molecule is CN(C)C(=O)NC(=O)c1ccsc1NC(=O)c1nc2cnccc2s1. The number of carbonyl (C=O) groups is 3. The summed E-state index contributed by atoms with van der Waals surface area (Å²) in [7, 11) is 3.06. The molecule has 0 saturated heterocycles. The maximum absolute atomic E-state index is 12.4. The van der Waals surface area contributed by atoms with E-state index in [0.717, 1.165) is 4.70 Å². The number of thiazole rings is 1. The summed E-state index contributed by atoms with van der Waals surface area (Å²) in [6, 6.07) is 2.79. The van der Waals surface area contributed by atoms with Crippen molar-refractivity contribution >= 4 is 55.7 Å². The Morgan fingerprint density at radius 1 is 1.16 bits per heavy atom. The summed E-state index contributed by atoms with van der Waals surface area (Å²) in [5.41, 5.74) is 0.856. The Hall–Kier alpha value is -2.85. The van der Waals surface area contributed by atoms with Gasteiger partial charge in [0.25, 0.3) is 11.8 Å². The first-order valence-electron chi connectivity index (χ1n) is 7.07. The van der Waals surface area contributed by atoms with Crippen LogP contribution in [-0.4, -0.2) is 46.8 Å². The van der Waals surface area contributed by atoms with E-state index in [0.29, 0.717) is 10.5 Å². The predicted octanol–water partition coefficient (Wildman–Crippen LogP) is 2.42. The van der Waals surface area contributed by atoms with E-state index in [1.165, 1.54) is 41.7 Å². The Balaban J connectivity index is 1.77. The summed E-state index contributed by atoms with van der Waals surface area (Å²) >= 11 is 2.43. The summed E-state index contributed by atoms with van der Waals surface area (Å²) in [6.07, 6.45) is 3.21. The molecule has 25 heavy (non-hydrogen) atoms. The molecule has 3 heterocycles. The highest BCUT2D eigenvalue weighted by molar-refractivity contribution is 7.20. The number of carbonyl (C=O) groups excluding carboxylic acids is 3. The summed E-state index contributed by atoms with van der Waals surface area (Å²) in [4.78, 5) is 45.6. The molecular weight excluding hydrogens is 362 g/mol. The first-order chi connectivity index (χ1) is 12.0. The van der Waals surface area contributed by atoms with Crippen molar-refractivity contribution in [3.63, 3.8) is 0 Å². The van der Waals surface area contributed by atoms with Gasteiger partial charge in [-0.25, -0.2) is 9.78 Å². The third kappa shape index (κ3) is 3.64. The molecule has 0 aliphatic rings. The minimum Gasteiger partial charge on any atom is -0.331 e. The number of aromatic nitrogens is 2. The second-order valence-electron chi connectivity index (χ2n) is 5.13. The average Bonchev–Trinajstić information content (AvgIpc) is 3.20. The van der Waals surface area contributed by atoms with E-state index >= 15 is 0 Å². The molecule has 0 atom stereocenters. The van der Waals surface area contributed by atoms with Crippen LogP contribution in [0.3, 0.4) is 0 Å². The van der Waals surface area contributed by atoms with Gasteiger partial charge in [-0.1, -0.05) is 0 Å². The van der Waals surface area contributed by atoms with E-state index in [2.05, 4.69) is 20.6 Å². The molecule has 0 spiro atoms. The Bertz CT molecular complexity index is 930. The minimum atomic E-state index is -0.580. The van der Waals surface area contributed by atoms with E-state index in [1.54, 1.807) is 29.9 Å². The van der Waals surface area contributed by atoms with Crippen LogP contribution in [0.1, 0.15) is 20.2 Å². The van der Waals surface area contributed by atoms with Gasteiger partial charge in [-0.3, -0.25) is 19.9 Å². The van der Waals surface area contributed by atoms with Crippen LogP contribution in [0.25, 0.3) is 10.2 Å². The molecule has 3 rings (SSSR count). The van der Waals surface area contributed by atoms with Gasteiger partial charge in [0.15, 0.2) is 5.01 Å². The van der Waals surface area contributed by atoms with Gasteiger partial charge in [0.2, 0.25) is 0 Å². The highest BCUT2D eigenvalue weighted by atomic mass is 32.1. The lowest BCUT2D eigenvalue weighted by molar-refractivity contribution is 0.0958. The third-order valence-electron chi connectivity index (χ3n) is 3.15. The average molecular weight is 375 g/mol. The second-order valence-corrected chi connectivity index (χ2v) is 7.08. The van der Waals surface area contributed by atoms with Gasteiger partial charge in [0.05, 0.1) is 16.5 Å². The number of urea groups is 1. The summed E-state index contributed by atoms with van der Waals surface area (Å²) in [6.45, 7) is 0. The topological polar surface area (TPSA) is 104 Å². The lowest BCUT2D eigenvalue weighted by Crippen LogP contribution is -2.38. The van der Waals surface area contributed by atoms with Crippen LogP contribution in [-0.2, 0) is 0 Å². The molecular formula is C15H13N5O3S2. The molecule has 0 aliphatic carbocycles. The number of hydrogen-bond donors (Lipinski definition) is 2.